The number of aromatic nitrogens is 2. The van der Waals surface area contributed by atoms with Gasteiger partial charge in [0.05, 0.1) is 16.8 Å². The van der Waals surface area contributed by atoms with Crippen molar-refractivity contribution in [1.82, 2.24) is 9.97 Å². The molecule has 1 N–H and O–H groups in total. The highest BCUT2D eigenvalue weighted by atomic mass is 79.9. The van der Waals surface area contributed by atoms with Crippen molar-refractivity contribution in [2.75, 3.05) is 5.75 Å². The van der Waals surface area contributed by atoms with Crippen LogP contribution in [0.5, 0.6) is 0 Å². The SMILES string of the molecule is O=C(CSc1nc2ccccc2[nH]1)c1ccc(F)cc1.[Br-]. The lowest BCUT2D eigenvalue weighted by molar-refractivity contribution is -0.0000124. The first kappa shape index (κ1) is 15.7. The van der Waals surface area contributed by atoms with Crippen LogP contribution in [-0.2, 0) is 0 Å². The fraction of sp³-hybridized carbons (Fsp3) is 0.0667. The van der Waals surface area contributed by atoms with Gasteiger partial charge in [0.25, 0.3) is 0 Å². The van der Waals surface area contributed by atoms with E-state index in [-0.39, 0.29) is 34.3 Å². The summed E-state index contributed by atoms with van der Waals surface area (Å²) < 4.78 is 12.8. The van der Waals surface area contributed by atoms with Gasteiger partial charge in [-0.05, 0) is 36.4 Å². The van der Waals surface area contributed by atoms with Crippen LogP contribution in [0.25, 0.3) is 11.0 Å². The molecule has 1 aromatic heterocycles. The van der Waals surface area contributed by atoms with Crippen LogP contribution in [0, 0.1) is 5.82 Å². The van der Waals surface area contributed by atoms with Crippen LogP contribution < -0.4 is 17.0 Å². The second-order valence-corrected chi connectivity index (χ2v) is 5.24. The van der Waals surface area contributed by atoms with Gasteiger partial charge in [-0.15, -0.1) is 0 Å². The molecule has 0 spiro atoms. The van der Waals surface area contributed by atoms with Crippen molar-refractivity contribution in [3.63, 3.8) is 0 Å². The van der Waals surface area contributed by atoms with Gasteiger partial charge >= 0.3 is 0 Å². The molecule has 108 valence electrons. The Morgan fingerprint density at radius 3 is 2.57 bits per heavy atom. The summed E-state index contributed by atoms with van der Waals surface area (Å²) >= 11 is 1.34. The number of fused-ring (bicyclic) bond motifs is 1. The number of nitrogens with zero attached hydrogens (tertiary/aromatic N) is 1. The molecule has 3 rings (SSSR count). The summed E-state index contributed by atoms with van der Waals surface area (Å²) in [4.78, 5) is 19.5. The van der Waals surface area contributed by atoms with E-state index in [0.29, 0.717) is 10.7 Å². The van der Waals surface area contributed by atoms with E-state index in [1.165, 1.54) is 36.0 Å². The number of imidazole rings is 1. The van der Waals surface area contributed by atoms with Crippen molar-refractivity contribution in [1.29, 1.82) is 0 Å². The van der Waals surface area contributed by atoms with Crippen molar-refractivity contribution >= 4 is 28.6 Å². The lowest BCUT2D eigenvalue weighted by atomic mass is 10.1. The van der Waals surface area contributed by atoms with Gasteiger partial charge < -0.3 is 22.0 Å². The molecular formula is C15H11BrFN2OS-. The van der Waals surface area contributed by atoms with Crippen LogP contribution in [0.15, 0.2) is 53.7 Å². The number of ketones is 1. The fourth-order valence-electron chi connectivity index (χ4n) is 1.85. The van der Waals surface area contributed by atoms with E-state index in [4.69, 9.17) is 0 Å². The van der Waals surface area contributed by atoms with Crippen LogP contribution in [0.1, 0.15) is 10.4 Å². The van der Waals surface area contributed by atoms with Gasteiger partial charge in [0.15, 0.2) is 10.9 Å². The Hall–Kier alpha value is -1.66. The first-order valence-corrected chi connectivity index (χ1v) is 7.07. The average Bonchev–Trinajstić information content (AvgIpc) is 2.88. The number of halogens is 2. The molecule has 6 heteroatoms. The summed E-state index contributed by atoms with van der Waals surface area (Å²) in [5.41, 5.74) is 2.34. The molecule has 0 aliphatic carbocycles. The third-order valence-electron chi connectivity index (χ3n) is 2.87. The van der Waals surface area contributed by atoms with Crippen molar-refractivity contribution in [3.8, 4) is 0 Å². The number of Topliss-reactive ketones (excluding diaryl/α,β-unsaturated/α-hetero) is 1. The number of benzene rings is 2. The normalized spacial score (nSPS) is 10.3. The van der Waals surface area contributed by atoms with Crippen LogP contribution in [0.4, 0.5) is 4.39 Å². The van der Waals surface area contributed by atoms with Crippen LogP contribution >= 0.6 is 11.8 Å². The van der Waals surface area contributed by atoms with Gasteiger partial charge in [0.1, 0.15) is 5.82 Å². The molecule has 0 radical (unpaired) electrons. The number of carbonyl (C=O) groups is 1. The molecule has 0 bridgehead atoms. The van der Waals surface area contributed by atoms with Gasteiger partial charge in [-0.2, -0.15) is 0 Å². The smallest absolute Gasteiger partial charge is 0.173 e. The van der Waals surface area contributed by atoms with Crippen molar-refractivity contribution < 1.29 is 26.2 Å². The second kappa shape index (κ2) is 6.87. The Morgan fingerprint density at radius 2 is 1.86 bits per heavy atom. The molecule has 0 saturated heterocycles. The highest BCUT2D eigenvalue weighted by Gasteiger charge is 2.09. The standard InChI is InChI=1S/C15H11FN2OS.BrH/c16-11-7-5-10(6-8-11)14(19)9-20-15-17-12-3-1-2-4-13(12)18-15;/h1-8H,9H2,(H,17,18);1H/p-1. The predicted octanol–water partition coefficient (Wildman–Crippen LogP) is 0.681. The molecule has 0 aliphatic rings. The van der Waals surface area contributed by atoms with Gasteiger partial charge in [-0.25, -0.2) is 9.37 Å². The number of aromatic amines is 1. The van der Waals surface area contributed by atoms with Crippen LogP contribution in [0.2, 0.25) is 0 Å². The summed E-state index contributed by atoms with van der Waals surface area (Å²) in [7, 11) is 0. The first-order chi connectivity index (χ1) is 9.72. The Morgan fingerprint density at radius 1 is 1.14 bits per heavy atom. The average molecular weight is 366 g/mol. The van der Waals surface area contributed by atoms with E-state index in [1.54, 1.807) is 0 Å². The minimum absolute atomic E-state index is 0. The summed E-state index contributed by atoms with van der Waals surface area (Å²) in [5.74, 6) is -0.118. The molecule has 0 saturated carbocycles. The van der Waals surface area contributed by atoms with E-state index in [1.807, 2.05) is 24.3 Å². The quantitative estimate of drug-likeness (QED) is 0.546. The van der Waals surface area contributed by atoms with Gasteiger partial charge in [-0.1, -0.05) is 23.9 Å². The van der Waals surface area contributed by atoms with Crippen LogP contribution in [-0.4, -0.2) is 21.5 Å². The molecule has 21 heavy (non-hydrogen) atoms. The topological polar surface area (TPSA) is 45.8 Å². The molecular weight excluding hydrogens is 355 g/mol. The highest BCUT2D eigenvalue weighted by molar-refractivity contribution is 7.99. The number of nitrogens with one attached hydrogen (secondary N) is 1. The lowest BCUT2D eigenvalue weighted by Gasteiger charge is -1.99. The number of rotatable bonds is 4. The van der Waals surface area contributed by atoms with Gasteiger partial charge in [-0.3, -0.25) is 4.79 Å². The molecule has 0 atom stereocenters. The largest absolute Gasteiger partial charge is 1.00 e. The zero-order valence-corrected chi connectivity index (χ0v) is 13.2. The molecule has 0 unspecified atom stereocenters. The van der Waals surface area contributed by atoms with Crippen molar-refractivity contribution in [2.24, 2.45) is 0 Å². The van der Waals surface area contributed by atoms with Gasteiger partial charge in [0, 0.05) is 5.56 Å². The molecule has 2 aromatic carbocycles. The zero-order chi connectivity index (χ0) is 13.9. The molecule has 0 aliphatic heterocycles. The third-order valence-corrected chi connectivity index (χ3v) is 3.75. The van der Waals surface area contributed by atoms with E-state index >= 15 is 0 Å². The Balaban J connectivity index is 0.00000161. The second-order valence-electron chi connectivity index (χ2n) is 4.28. The third kappa shape index (κ3) is 3.71. The van der Waals surface area contributed by atoms with E-state index in [0.717, 1.165) is 11.0 Å². The summed E-state index contributed by atoms with van der Waals surface area (Å²) in [6, 6.07) is 13.3. The molecule has 0 fully saturated rings. The van der Waals surface area contributed by atoms with E-state index in [2.05, 4.69) is 9.97 Å². The lowest BCUT2D eigenvalue weighted by Crippen LogP contribution is -3.00. The highest BCUT2D eigenvalue weighted by Crippen LogP contribution is 2.20. The zero-order valence-electron chi connectivity index (χ0n) is 10.8. The number of carbonyl (C=O) groups excluding carboxylic acids is 1. The number of hydrogen-bond acceptors (Lipinski definition) is 3. The maximum Gasteiger partial charge on any atom is 0.173 e. The maximum absolute atomic E-state index is 12.8. The Kier molecular flexibility index (Phi) is 5.14. The van der Waals surface area contributed by atoms with Crippen molar-refractivity contribution in [3.05, 3.63) is 59.9 Å². The number of thioether (sulfide) groups is 1. The van der Waals surface area contributed by atoms with E-state index < -0.39 is 0 Å². The van der Waals surface area contributed by atoms with Gasteiger partial charge in [0.2, 0.25) is 0 Å². The minimum atomic E-state index is -0.341. The number of H-pyrrole nitrogens is 1. The fourth-order valence-corrected chi connectivity index (χ4v) is 2.63. The molecule has 0 amide bonds. The maximum atomic E-state index is 12.8. The molecule has 3 aromatic rings. The predicted molar refractivity (Wildman–Crippen MR) is 77.5 cm³/mol. The number of para-hydroxylation sites is 2. The Labute approximate surface area is 135 Å². The first-order valence-electron chi connectivity index (χ1n) is 6.09. The number of hydrogen-bond donors (Lipinski definition) is 1. The summed E-state index contributed by atoms with van der Waals surface area (Å²) in [5, 5.41) is 0.710. The Bertz CT molecular complexity index is 725. The molecule has 1 heterocycles. The molecule has 3 nitrogen and oxygen atoms in total. The van der Waals surface area contributed by atoms with E-state index in [9.17, 15) is 9.18 Å². The van der Waals surface area contributed by atoms with Crippen molar-refractivity contribution in [2.45, 2.75) is 5.16 Å². The van der Waals surface area contributed by atoms with Crippen LogP contribution in [0.3, 0.4) is 0 Å². The minimum Gasteiger partial charge on any atom is -1.00 e. The summed E-state index contributed by atoms with van der Waals surface area (Å²) in [6.45, 7) is 0. The summed E-state index contributed by atoms with van der Waals surface area (Å²) in [6.07, 6.45) is 0. The monoisotopic (exact) mass is 365 g/mol.